The van der Waals surface area contributed by atoms with Gasteiger partial charge in [0.15, 0.2) is 11.5 Å². The number of pyridine rings is 2. The van der Waals surface area contributed by atoms with Crippen LogP contribution in [0.15, 0.2) is 30.5 Å². The Balaban J connectivity index is 1.81. The molecule has 1 atom stereocenters. The van der Waals surface area contributed by atoms with Gasteiger partial charge in [-0.3, -0.25) is 5.32 Å². The molecule has 0 aliphatic rings. The number of carboxylic acids is 1. The predicted octanol–water partition coefficient (Wildman–Crippen LogP) is 3.59. The van der Waals surface area contributed by atoms with E-state index in [1.54, 1.807) is 26.1 Å². The number of nitrogens with one attached hydrogen (secondary N) is 1. The molecule has 3 aromatic rings. The Bertz CT molecular complexity index is 1090. The molecule has 0 bridgehead atoms. The molecule has 29 heavy (non-hydrogen) atoms. The molecule has 150 valence electrons. The van der Waals surface area contributed by atoms with Gasteiger partial charge in [-0.2, -0.15) is 0 Å². The molecule has 10 nitrogen and oxygen atoms in total. The molecule has 0 aliphatic carbocycles. The molecule has 1 amide bonds. The zero-order valence-corrected chi connectivity index (χ0v) is 16.6. The first-order chi connectivity index (χ1) is 13.8. The smallest absolute Gasteiger partial charge is 0.413 e. The van der Waals surface area contributed by atoms with Crippen LogP contribution in [0.25, 0.3) is 11.4 Å². The molecule has 0 radical (unpaired) electrons. The maximum Gasteiger partial charge on any atom is 0.413 e. The van der Waals surface area contributed by atoms with Gasteiger partial charge in [0.25, 0.3) is 0 Å². The van der Waals surface area contributed by atoms with E-state index in [1.165, 1.54) is 23.0 Å². The van der Waals surface area contributed by atoms with Crippen molar-refractivity contribution < 1.29 is 19.4 Å². The maximum absolute atomic E-state index is 12.4. The number of aromatic nitrogens is 5. The number of hydrogen-bond acceptors (Lipinski definition) is 7. The van der Waals surface area contributed by atoms with E-state index in [4.69, 9.17) is 33.0 Å². The van der Waals surface area contributed by atoms with Crippen molar-refractivity contribution in [2.45, 2.75) is 13.0 Å². The van der Waals surface area contributed by atoms with Crippen molar-refractivity contribution in [3.8, 4) is 11.4 Å². The number of nitrogens with zero attached hydrogens (tertiary/aromatic N) is 5. The molecule has 1 unspecified atom stereocenters. The van der Waals surface area contributed by atoms with E-state index in [9.17, 15) is 9.59 Å². The largest absolute Gasteiger partial charge is 0.478 e. The van der Waals surface area contributed by atoms with Crippen LogP contribution in [-0.2, 0) is 11.8 Å². The molecule has 12 heteroatoms. The summed E-state index contributed by atoms with van der Waals surface area (Å²) in [6, 6.07) is 6.07. The number of anilines is 1. The summed E-state index contributed by atoms with van der Waals surface area (Å²) >= 11 is 11.9. The molecule has 0 spiro atoms. The number of carbonyl (C=O) groups excluding carboxylic acids is 1. The number of hydrogen-bond donors (Lipinski definition) is 2. The fourth-order valence-electron chi connectivity index (χ4n) is 2.45. The summed E-state index contributed by atoms with van der Waals surface area (Å²) in [5, 5.41) is 19.4. The molecule has 0 aliphatic heterocycles. The topological polar surface area (TPSA) is 132 Å². The summed E-state index contributed by atoms with van der Waals surface area (Å²) in [7, 11) is 1.56. The van der Waals surface area contributed by atoms with Crippen molar-refractivity contribution in [2.24, 2.45) is 7.05 Å². The Morgan fingerprint density at radius 1 is 1.24 bits per heavy atom. The third-order valence-electron chi connectivity index (χ3n) is 3.88. The Labute approximate surface area is 174 Å². The fourth-order valence-corrected chi connectivity index (χ4v) is 2.96. The summed E-state index contributed by atoms with van der Waals surface area (Å²) in [5.41, 5.74) is 0.808. The van der Waals surface area contributed by atoms with Gasteiger partial charge in [-0.1, -0.05) is 34.5 Å². The first kappa shape index (κ1) is 20.5. The summed E-state index contributed by atoms with van der Waals surface area (Å²) in [4.78, 5) is 31.4. The van der Waals surface area contributed by atoms with Crippen molar-refractivity contribution in [3.63, 3.8) is 0 Å². The van der Waals surface area contributed by atoms with E-state index in [0.717, 1.165) is 0 Å². The van der Waals surface area contributed by atoms with Crippen LogP contribution in [0.5, 0.6) is 0 Å². The van der Waals surface area contributed by atoms with Gasteiger partial charge in [0.1, 0.15) is 16.4 Å². The van der Waals surface area contributed by atoms with Gasteiger partial charge < -0.3 is 9.84 Å². The highest BCUT2D eigenvalue weighted by molar-refractivity contribution is 6.32. The first-order valence-corrected chi connectivity index (χ1v) is 8.91. The molecule has 0 saturated heterocycles. The average molecular weight is 437 g/mol. The number of carboxylic acid groups (broad SMARTS) is 1. The minimum absolute atomic E-state index is 0.157. The van der Waals surface area contributed by atoms with Crippen LogP contribution in [0.4, 0.5) is 10.6 Å². The van der Waals surface area contributed by atoms with Gasteiger partial charge in [0, 0.05) is 18.8 Å². The second-order valence-electron chi connectivity index (χ2n) is 5.81. The molecular weight excluding hydrogens is 423 g/mol. The molecule has 2 N–H and O–H groups in total. The zero-order chi connectivity index (χ0) is 21.1. The van der Waals surface area contributed by atoms with Crippen molar-refractivity contribution in [1.29, 1.82) is 0 Å². The zero-order valence-electron chi connectivity index (χ0n) is 15.1. The van der Waals surface area contributed by atoms with Crippen molar-refractivity contribution in [3.05, 3.63) is 51.9 Å². The van der Waals surface area contributed by atoms with Crippen LogP contribution in [-0.4, -0.2) is 42.1 Å². The van der Waals surface area contributed by atoms with Gasteiger partial charge in [0.2, 0.25) is 0 Å². The van der Waals surface area contributed by atoms with Crippen LogP contribution in [0.3, 0.4) is 0 Å². The van der Waals surface area contributed by atoms with Crippen LogP contribution < -0.4 is 5.32 Å². The van der Waals surface area contributed by atoms with Crippen LogP contribution in [0.2, 0.25) is 10.3 Å². The van der Waals surface area contributed by atoms with Crippen LogP contribution >= 0.6 is 23.2 Å². The Kier molecular flexibility index (Phi) is 5.95. The van der Waals surface area contributed by atoms with Crippen molar-refractivity contribution in [1.82, 2.24) is 25.0 Å². The van der Waals surface area contributed by atoms with E-state index < -0.39 is 18.2 Å². The van der Waals surface area contributed by atoms with E-state index in [0.29, 0.717) is 5.56 Å². The van der Waals surface area contributed by atoms with E-state index in [1.807, 2.05) is 0 Å². The summed E-state index contributed by atoms with van der Waals surface area (Å²) in [6.07, 6.45) is 0.0838. The monoisotopic (exact) mass is 436 g/mol. The molecule has 0 aromatic carbocycles. The lowest BCUT2D eigenvalue weighted by molar-refractivity contribution is 0.0696. The Hall–Kier alpha value is -3.24. The number of rotatable bonds is 5. The quantitative estimate of drug-likeness (QED) is 0.579. The standard InChI is InChI=1S/C17H14Cl2N6O4/c1-8(9-4-3-7-20-13(9)18)29-17(28)22-15-12(23-24-25(15)2)11-6-5-10(16(26)27)14(19)21-11/h3-8H,1-2H3,(H,22,28)(H,26,27). The summed E-state index contributed by atoms with van der Waals surface area (Å²) in [6.45, 7) is 1.65. The second kappa shape index (κ2) is 8.41. The number of amides is 1. The van der Waals surface area contributed by atoms with E-state index in [2.05, 4.69) is 25.6 Å². The first-order valence-electron chi connectivity index (χ1n) is 8.16. The Morgan fingerprint density at radius 3 is 2.66 bits per heavy atom. The molecule has 0 saturated carbocycles. The van der Waals surface area contributed by atoms with Gasteiger partial charge in [-0.15, -0.1) is 5.10 Å². The maximum atomic E-state index is 12.4. The molecule has 0 fully saturated rings. The molecular formula is C17H14Cl2N6O4. The normalized spacial score (nSPS) is 11.7. The molecule has 3 heterocycles. The lowest BCUT2D eigenvalue weighted by Gasteiger charge is -2.15. The highest BCUT2D eigenvalue weighted by atomic mass is 35.5. The number of ether oxygens (including phenoxy) is 1. The van der Waals surface area contributed by atoms with Crippen molar-refractivity contribution >= 4 is 41.1 Å². The number of halogens is 2. The van der Waals surface area contributed by atoms with E-state index >= 15 is 0 Å². The third-order valence-corrected chi connectivity index (χ3v) is 4.48. The van der Waals surface area contributed by atoms with Gasteiger partial charge in [0.05, 0.1) is 11.3 Å². The average Bonchev–Trinajstić information content (AvgIpc) is 3.02. The van der Waals surface area contributed by atoms with E-state index in [-0.39, 0.29) is 33.1 Å². The Morgan fingerprint density at radius 2 is 2.00 bits per heavy atom. The molecule has 3 aromatic heterocycles. The minimum Gasteiger partial charge on any atom is -0.478 e. The lowest BCUT2D eigenvalue weighted by Crippen LogP contribution is -2.18. The van der Waals surface area contributed by atoms with Gasteiger partial charge >= 0.3 is 12.1 Å². The predicted molar refractivity (Wildman–Crippen MR) is 104 cm³/mol. The minimum atomic E-state index is -1.21. The number of aryl methyl sites for hydroxylation is 1. The summed E-state index contributed by atoms with van der Waals surface area (Å²) in [5.74, 6) is -1.02. The lowest BCUT2D eigenvalue weighted by atomic mass is 10.2. The second-order valence-corrected chi connectivity index (χ2v) is 6.52. The highest BCUT2D eigenvalue weighted by Gasteiger charge is 2.21. The SMILES string of the molecule is CC(OC(=O)Nc1c(-c2ccc(C(=O)O)c(Cl)n2)nnn1C)c1cccnc1Cl. The van der Waals surface area contributed by atoms with Gasteiger partial charge in [-0.05, 0) is 25.1 Å². The van der Waals surface area contributed by atoms with Crippen molar-refractivity contribution in [2.75, 3.05) is 5.32 Å². The van der Waals surface area contributed by atoms with Crippen LogP contribution in [0, 0.1) is 0 Å². The molecule has 3 rings (SSSR count). The number of aromatic carboxylic acids is 1. The third kappa shape index (κ3) is 4.44. The fraction of sp³-hybridized carbons (Fsp3) is 0.176. The summed E-state index contributed by atoms with van der Waals surface area (Å²) < 4.78 is 6.65. The highest BCUT2D eigenvalue weighted by Crippen LogP contribution is 2.27. The number of carbonyl (C=O) groups is 2. The van der Waals surface area contributed by atoms with Crippen LogP contribution in [0.1, 0.15) is 28.9 Å². The van der Waals surface area contributed by atoms with Gasteiger partial charge in [-0.25, -0.2) is 24.2 Å².